The van der Waals surface area contributed by atoms with Crippen LogP contribution < -0.4 is 15.5 Å². The van der Waals surface area contributed by atoms with Gasteiger partial charge in [0.1, 0.15) is 22.9 Å². The Balaban J connectivity index is 1.77. The van der Waals surface area contributed by atoms with Crippen LogP contribution in [0.4, 0.5) is 10.5 Å². The van der Waals surface area contributed by atoms with Gasteiger partial charge in [-0.1, -0.05) is 69.8 Å². The van der Waals surface area contributed by atoms with Crippen LogP contribution in [0.2, 0.25) is 10.0 Å². The van der Waals surface area contributed by atoms with E-state index >= 15 is 0 Å². The fourth-order valence-corrected chi connectivity index (χ4v) is 5.20. The lowest BCUT2D eigenvalue weighted by molar-refractivity contribution is -0.155. The van der Waals surface area contributed by atoms with Crippen molar-refractivity contribution in [1.29, 1.82) is 0 Å². The molecule has 2 N–H and O–H groups in total. The van der Waals surface area contributed by atoms with Gasteiger partial charge in [0.15, 0.2) is 10.6 Å². The molecule has 2 aromatic carbocycles. The Labute approximate surface area is 299 Å². The summed E-state index contributed by atoms with van der Waals surface area (Å²) in [7, 11) is 0. The van der Waals surface area contributed by atoms with Crippen molar-refractivity contribution in [3.8, 4) is 22.6 Å². The molecular formula is C33H38Cl4N4O7. The molecule has 48 heavy (non-hydrogen) atoms. The number of benzene rings is 2. The smallest absolute Gasteiger partial charge is 0.408 e. The van der Waals surface area contributed by atoms with Crippen molar-refractivity contribution in [1.82, 2.24) is 15.8 Å². The highest BCUT2D eigenvalue weighted by Crippen LogP contribution is 2.36. The predicted octanol–water partition coefficient (Wildman–Crippen LogP) is 7.58. The van der Waals surface area contributed by atoms with Gasteiger partial charge in [-0.05, 0) is 72.2 Å². The summed E-state index contributed by atoms with van der Waals surface area (Å²) in [4.78, 5) is 51.1. The van der Waals surface area contributed by atoms with E-state index in [1.54, 1.807) is 90.1 Å². The molecule has 0 fully saturated rings. The minimum atomic E-state index is -1.40. The quantitative estimate of drug-likeness (QED) is 0.143. The first-order valence-corrected chi connectivity index (χ1v) is 16.6. The molecule has 1 heterocycles. The number of nitrogens with one attached hydrogen (secondary N) is 2. The van der Waals surface area contributed by atoms with Crippen LogP contribution >= 0.6 is 46.4 Å². The molecule has 0 saturated heterocycles. The van der Waals surface area contributed by atoms with Gasteiger partial charge in [0.05, 0.1) is 10.0 Å². The summed E-state index contributed by atoms with van der Waals surface area (Å²) in [5.74, 6) is -1.41. The van der Waals surface area contributed by atoms with Crippen molar-refractivity contribution in [2.45, 2.75) is 76.5 Å². The number of nitrogens with zero attached hydrogens (tertiary/aromatic N) is 2. The molecule has 3 amide bonds. The second-order valence-corrected chi connectivity index (χ2v) is 14.5. The van der Waals surface area contributed by atoms with Crippen LogP contribution in [0.3, 0.4) is 0 Å². The summed E-state index contributed by atoms with van der Waals surface area (Å²) < 4.78 is 16.2. The first-order valence-electron chi connectivity index (χ1n) is 14.9. The molecule has 3 rings (SSSR count). The maximum Gasteiger partial charge on any atom is 0.408 e. The van der Waals surface area contributed by atoms with E-state index in [2.05, 4.69) is 15.8 Å². The van der Waals surface area contributed by atoms with Crippen LogP contribution in [0.1, 0.15) is 54.4 Å². The highest BCUT2D eigenvalue weighted by Gasteiger charge is 2.28. The second kappa shape index (κ2) is 16.7. The van der Waals surface area contributed by atoms with Crippen LogP contribution in [0.15, 0.2) is 53.1 Å². The fraction of sp³-hybridized carbons (Fsp3) is 0.424. The van der Waals surface area contributed by atoms with Gasteiger partial charge in [-0.25, -0.2) is 4.79 Å². The van der Waals surface area contributed by atoms with Crippen molar-refractivity contribution in [3.05, 3.63) is 58.6 Å². The van der Waals surface area contributed by atoms with E-state index < -0.39 is 46.0 Å². The molecule has 0 aliphatic heterocycles. The topological polar surface area (TPSA) is 140 Å². The van der Waals surface area contributed by atoms with Gasteiger partial charge in [0.25, 0.3) is 5.91 Å². The molecule has 1 atom stereocenters. The molecule has 0 aliphatic rings. The zero-order valence-corrected chi connectivity index (χ0v) is 30.4. The monoisotopic (exact) mass is 742 g/mol. The van der Waals surface area contributed by atoms with Crippen molar-refractivity contribution in [2.75, 3.05) is 18.0 Å². The van der Waals surface area contributed by atoms with E-state index in [1.165, 1.54) is 4.90 Å². The van der Waals surface area contributed by atoms with Gasteiger partial charge < -0.3 is 29.5 Å². The highest BCUT2D eigenvalue weighted by atomic mass is 35.5. The number of rotatable bonds is 12. The molecule has 0 aliphatic carbocycles. The van der Waals surface area contributed by atoms with E-state index in [-0.39, 0.29) is 25.9 Å². The van der Waals surface area contributed by atoms with E-state index in [9.17, 15) is 19.2 Å². The molecule has 0 radical (unpaired) electrons. The zero-order valence-electron chi connectivity index (χ0n) is 27.4. The summed E-state index contributed by atoms with van der Waals surface area (Å²) in [6, 6.07) is 12.4. The van der Waals surface area contributed by atoms with Gasteiger partial charge in [-0.15, -0.1) is 0 Å². The molecular weight excluding hydrogens is 706 g/mol. The number of hydrogen-bond acceptors (Lipinski definition) is 8. The second-order valence-electron chi connectivity index (χ2n) is 12.6. The van der Waals surface area contributed by atoms with Gasteiger partial charge in [0, 0.05) is 42.4 Å². The Morgan fingerprint density at radius 1 is 0.917 bits per heavy atom. The number of anilines is 1. The Bertz CT molecular complexity index is 1600. The first kappa shape index (κ1) is 38.9. The molecule has 1 aromatic heterocycles. The maximum atomic E-state index is 13.2. The lowest BCUT2D eigenvalue weighted by Gasteiger charge is -2.26. The van der Waals surface area contributed by atoms with Gasteiger partial charge in [-0.2, -0.15) is 0 Å². The number of alkyl carbamates (subject to hydrolysis) is 1. The van der Waals surface area contributed by atoms with Gasteiger partial charge in [-0.3, -0.25) is 14.4 Å². The number of carbonyl (C=O) groups is 4. The number of hydrogen-bond donors (Lipinski definition) is 2. The van der Waals surface area contributed by atoms with E-state index in [4.69, 9.17) is 60.4 Å². The Hall–Kier alpha value is -3.51. The summed E-state index contributed by atoms with van der Waals surface area (Å²) in [5, 5.41) is 10.1. The predicted molar refractivity (Wildman–Crippen MR) is 186 cm³/mol. The van der Waals surface area contributed by atoms with Crippen molar-refractivity contribution >= 4 is 76.0 Å². The molecule has 3 aromatic rings. The third kappa shape index (κ3) is 11.9. The molecule has 0 saturated carbocycles. The summed E-state index contributed by atoms with van der Waals surface area (Å²) in [5.41, 5.74) is 0.366. The molecule has 1 unspecified atom stereocenters. The van der Waals surface area contributed by atoms with E-state index in [0.29, 0.717) is 38.3 Å². The first-order chi connectivity index (χ1) is 22.3. The number of ether oxygens (including phenoxy) is 2. The maximum absolute atomic E-state index is 13.2. The Morgan fingerprint density at radius 2 is 1.54 bits per heavy atom. The normalized spacial score (nSPS) is 12.3. The van der Waals surface area contributed by atoms with Crippen LogP contribution in [0.5, 0.6) is 0 Å². The molecule has 15 heteroatoms. The third-order valence-electron chi connectivity index (χ3n) is 6.32. The van der Waals surface area contributed by atoms with Crippen molar-refractivity contribution in [3.63, 3.8) is 0 Å². The van der Waals surface area contributed by atoms with Crippen LogP contribution in [0, 0.1) is 0 Å². The van der Waals surface area contributed by atoms with Crippen molar-refractivity contribution in [2.24, 2.45) is 0 Å². The lowest BCUT2D eigenvalue weighted by atomic mass is 10.1. The average molecular weight is 744 g/mol. The van der Waals surface area contributed by atoms with E-state index in [1.807, 2.05) is 0 Å². The van der Waals surface area contributed by atoms with Crippen molar-refractivity contribution < 1.29 is 33.2 Å². The molecule has 11 nitrogen and oxygen atoms in total. The Morgan fingerprint density at radius 3 is 2.15 bits per heavy atom. The number of amides is 3. The molecule has 0 bridgehead atoms. The lowest BCUT2D eigenvalue weighted by Crippen LogP contribution is -2.50. The minimum Gasteiger partial charge on any atom is -0.460 e. The largest absolute Gasteiger partial charge is 0.460 e. The number of esters is 1. The standard InChI is InChI=1S/C33H38Cl4N4O7/c1-32(2,3)46-26(42)14-13-23(39-31(45)47-33(4,5)6)29(43)38-15-16-41(30(44)28(36)37)20-10-7-9-19(17-20)25-18-24(40-48-25)27-21(34)11-8-12-22(27)35/h7-12,17-18,23,28H,13-16H2,1-6H3,(H,38,43)(H,39,45). The van der Waals surface area contributed by atoms with Crippen LogP contribution in [0.25, 0.3) is 22.6 Å². The molecule has 0 spiro atoms. The number of halogens is 4. The van der Waals surface area contributed by atoms with Gasteiger partial charge >= 0.3 is 12.1 Å². The average Bonchev–Trinajstić information content (AvgIpc) is 3.45. The third-order valence-corrected chi connectivity index (χ3v) is 7.33. The van der Waals surface area contributed by atoms with E-state index in [0.717, 1.165) is 0 Å². The zero-order chi connectivity index (χ0) is 35.8. The summed E-state index contributed by atoms with van der Waals surface area (Å²) in [6.07, 6.45) is -1.04. The van der Waals surface area contributed by atoms with Crippen LogP contribution in [-0.2, 0) is 23.9 Å². The minimum absolute atomic E-state index is 0.0495. The number of aromatic nitrogens is 1. The number of alkyl halides is 2. The summed E-state index contributed by atoms with van der Waals surface area (Å²) >= 11 is 24.6. The number of carbonyl (C=O) groups excluding carboxylic acids is 4. The van der Waals surface area contributed by atoms with Crippen LogP contribution in [-0.4, -0.2) is 64.2 Å². The fourth-order valence-electron chi connectivity index (χ4n) is 4.37. The Kier molecular flexibility index (Phi) is 13.6. The highest BCUT2D eigenvalue weighted by molar-refractivity contribution is 6.54. The SMILES string of the molecule is CC(C)(C)OC(=O)CCC(NC(=O)OC(C)(C)C)C(=O)NCCN(C(=O)C(Cl)Cl)c1cccc(-c2cc(-c3c(Cl)cccc3Cl)no2)c1. The molecule has 260 valence electrons. The van der Waals surface area contributed by atoms with Gasteiger partial charge in [0.2, 0.25) is 5.91 Å². The summed E-state index contributed by atoms with van der Waals surface area (Å²) in [6.45, 7) is 10.1.